The number of carboxylic acids is 1. The van der Waals surface area contributed by atoms with Gasteiger partial charge in [0.1, 0.15) is 0 Å². The van der Waals surface area contributed by atoms with Crippen LogP contribution in [0.1, 0.15) is 10.5 Å². The summed E-state index contributed by atoms with van der Waals surface area (Å²) in [6.07, 6.45) is 0. The predicted molar refractivity (Wildman–Crippen MR) is 36.6 cm³/mol. The number of hydrogen-bond donors (Lipinski definition) is 2. The second-order valence-electron chi connectivity index (χ2n) is 1.79. The van der Waals surface area contributed by atoms with Crippen molar-refractivity contribution in [3.05, 3.63) is 26.9 Å². The van der Waals surface area contributed by atoms with Crippen molar-refractivity contribution >= 4 is 18.2 Å². The van der Waals surface area contributed by atoms with Crippen LogP contribution in [0.3, 0.4) is 0 Å². The lowest BCUT2D eigenvalue weighted by Gasteiger charge is -1.98. The first-order valence-electron chi connectivity index (χ1n) is 2.64. The van der Waals surface area contributed by atoms with Crippen LogP contribution in [0.15, 0.2) is 10.9 Å². The number of aromatic carboxylic acids is 1. The standard InChI is InChI=1S/C5H4N2O3S/c8-3-1-2(4(9)10)6-5(11)7-3/h1H,(H,9,10)(H2,6,7,8,11)/p-1. The summed E-state index contributed by atoms with van der Waals surface area (Å²) in [5.74, 6) is -1.46. The summed E-state index contributed by atoms with van der Waals surface area (Å²) in [6.45, 7) is 0. The van der Waals surface area contributed by atoms with Crippen LogP contribution in [0.5, 0.6) is 0 Å². The fourth-order valence-electron chi connectivity index (χ4n) is 0.579. The van der Waals surface area contributed by atoms with Crippen molar-refractivity contribution in [3.8, 4) is 0 Å². The summed E-state index contributed by atoms with van der Waals surface area (Å²) in [7, 11) is 0. The van der Waals surface area contributed by atoms with Gasteiger partial charge in [0, 0.05) is 6.07 Å². The van der Waals surface area contributed by atoms with Gasteiger partial charge in [0.15, 0.2) is 4.77 Å². The Morgan fingerprint density at radius 2 is 2.18 bits per heavy atom. The summed E-state index contributed by atoms with van der Waals surface area (Å²) < 4.78 is -0.0308. The maximum Gasteiger partial charge on any atom is 0.252 e. The number of H-pyrrole nitrogens is 2. The van der Waals surface area contributed by atoms with Crippen LogP contribution in [-0.2, 0) is 0 Å². The molecule has 0 fully saturated rings. The normalized spacial score (nSPS) is 9.45. The van der Waals surface area contributed by atoms with E-state index in [-0.39, 0.29) is 10.5 Å². The maximum absolute atomic E-state index is 10.6. The van der Waals surface area contributed by atoms with Crippen LogP contribution in [0.4, 0.5) is 0 Å². The Kier molecular flexibility index (Phi) is 1.86. The van der Waals surface area contributed by atoms with E-state index in [1.165, 1.54) is 0 Å². The highest BCUT2D eigenvalue weighted by Crippen LogP contribution is 1.84. The molecule has 1 aromatic rings. The van der Waals surface area contributed by atoms with Crippen molar-refractivity contribution in [2.24, 2.45) is 0 Å². The van der Waals surface area contributed by atoms with Gasteiger partial charge >= 0.3 is 0 Å². The molecule has 0 aliphatic rings. The van der Waals surface area contributed by atoms with Crippen molar-refractivity contribution in [1.29, 1.82) is 0 Å². The molecule has 0 saturated carbocycles. The molecule has 1 aromatic heterocycles. The zero-order valence-electron chi connectivity index (χ0n) is 5.21. The third-order valence-electron chi connectivity index (χ3n) is 0.980. The summed E-state index contributed by atoms with van der Waals surface area (Å²) in [5, 5.41) is 10.2. The van der Waals surface area contributed by atoms with Gasteiger partial charge in [-0.15, -0.1) is 0 Å². The maximum atomic E-state index is 10.6. The first-order chi connectivity index (χ1) is 5.09. The van der Waals surface area contributed by atoms with Gasteiger partial charge in [-0.25, -0.2) is 0 Å². The van der Waals surface area contributed by atoms with Crippen molar-refractivity contribution in [2.45, 2.75) is 0 Å². The average Bonchev–Trinajstić information content (AvgIpc) is 1.85. The molecule has 58 valence electrons. The highest BCUT2D eigenvalue weighted by molar-refractivity contribution is 7.71. The lowest BCUT2D eigenvalue weighted by atomic mass is 10.4. The minimum atomic E-state index is -1.46. The summed E-state index contributed by atoms with van der Waals surface area (Å²) >= 11 is 4.50. The smallest absolute Gasteiger partial charge is 0.252 e. The highest BCUT2D eigenvalue weighted by atomic mass is 32.1. The number of carbonyl (C=O) groups excluding carboxylic acids is 1. The van der Waals surface area contributed by atoms with E-state index in [0.29, 0.717) is 0 Å². The van der Waals surface area contributed by atoms with E-state index in [1.807, 2.05) is 0 Å². The van der Waals surface area contributed by atoms with Gasteiger partial charge in [0.05, 0.1) is 11.7 Å². The Morgan fingerprint density at radius 3 is 2.64 bits per heavy atom. The zero-order chi connectivity index (χ0) is 8.43. The Labute approximate surface area is 65.7 Å². The van der Waals surface area contributed by atoms with Crippen LogP contribution < -0.4 is 10.7 Å². The molecular formula is C5H3N2O3S-. The largest absolute Gasteiger partial charge is 0.543 e. The third-order valence-corrected chi connectivity index (χ3v) is 1.18. The van der Waals surface area contributed by atoms with Crippen molar-refractivity contribution in [2.75, 3.05) is 0 Å². The number of carbonyl (C=O) groups is 1. The summed E-state index contributed by atoms with van der Waals surface area (Å²) in [5.41, 5.74) is -0.883. The second-order valence-corrected chi connectivity index (χ2v) is 2.20. The van der Waals surface area contributed by atoms with Crippen LogP contribution >= 0.6 is 12.2 Å². The molecule has 11 heavy (non-hydrogen) atoms. The molecule has 6 heteroatoms. The Hall–Kier alpha value is -1.43. The fraction of sp³-hybridized carbons (Fsp3) is 0. The van der Waals surface area contributed by atoms with Gasteiger partial charge in [-0.3, -0.25) is 9.78 Å². The van der Waals surface area contributed by atoms with Gasteiger partial charge in [-0.1, -0.05) is 0 Å². The number of rotatable bonds is 1. The highest BCUT2D eigenvalue weighted by Gasteiger charge is 1.93. The molecule has 1 heterocycles. The lowest BCUT2D eigenvalue weighted by molar-refractivity contribution is -0.255. The molecule has 2 N–H and O–H groups in total. The average molecular weight is 171 g/mol. The van der Waals surface area contributed by atoms with E-state index < -0.39 is 11.5 Å². The molecule has 0 spiro atoms. The quantitative estimate of drug-likeness (QED) is 0.519. The molecule has 0 amide bonds. The van der Waals surface area contributed by atoms with Crippen LogP contribution in [0, 0.1) is 4.77 Å². The second kappa shape index (κ2) is 2.67. The number of hydrogen-bond acceptors (Lipinski definition) is 4. The number of carboxylic acid groups (broad SMARTS) is 1. The Bertz CT molecular complexity index is 363. The monoisotopic (exact) mass is 171 g/mol. The van der Waals surface area contributed by atoms with E-state index in [2.05, 4.69) is 22.2 Å². The fourth-order valence-corrected chi connectivity index (χ4v) is 0.789. The molecule has 0 bridgehead atoms. The SMILES string of the molecule is O=C([O-])c1cc(=O)[nH]c(=S)[nH]1. The predicted octanol–water partition coefficient (Wildman–Crippen LogP) is -1.20. The van der Waals surface area contributed by atoms with Crippen molar-refractivity contribution < 1.29 is 9.90 Å². The molecular weight excluding hydrogens is 168 g/mol. The van der Waals surface area contributed by atoms with Crippen LogP contribution in [-0.4, -0.2) is 15.9 Å². The molecule has 0 aliphatic carbocycles. The number of aromatic nitrogens is 2. The van der Waals surface area contributed by atoms with E-state index >= 15 is 0 Å². The number of nitrogens with one attached hydrogen (secondary N) is 2. The molecule has 5 nitrogen and oxygen atoms in total. The Morgan fingerprint density at radius 1 is 1.55 bits per heavy atom. The molecule has 0 unspecified atom stereocenters. The molecule has 0 atom stereocenters. The van der Waals surface area contributed by atoms with E-state index in [4.69, 9.17) is 0 Å². The first-order valence-corrected chi connectivity index (χ1v) is 3.05. The minimum absolute atomic E-state index is 0.0308. The van der Waals surface area contributed by atoms with Crippen LogP contribution in [0.25, 0.3) is 0 Å². The summed E-state index contributed by atoms with van der Waals surface area (Å²) in [6, 6.07) is 0.866. The van der Waals surface area contributed by atoms with E-state index in [0.717, 1.165) is 6.07 Å². The third kappa shape index (κ3) is 1.74. The molecule has 1 rings (SSSR count). The zero-order valence-corrected chi connectivity index (χ0v) is 6.03. The molecule has 0 aliphatic heterocycles. The topological polar surface area (TPSA) is 88.8 Å². The van der Waals surface area contributed by atoms with Gasteiger partial charge in [-0.2, -0.15) is 0 Å². The van der Waals surface area contributed by atoms with Gasteiger partial charge < -0.3 is 14.9 Å². The molecule has 0 saturated heterocycles. The molecule has 0 aromatic carbocycles. The van der Waals surface area contributed by atoms with Crippen molar-refractivity contribution in [3.63, 3.8) is 0 Å². The minimum Gasteiger partial charge on any atom is -0.543 e. The number of aromatic amines is 2. The van der Waals surface area contributed by atoms with Gasteiger partial charge in [0.2, 0.25) is 0 Å². The Balaban J connectivity index is 3.42. The first kappa shape index (κ1) is 7.67. The van der Waals surface area contributed by atoms with Gasteiger partial charge in [0.25, 0.3) is 5.56 Å². The van der Waals surface area contributed by atoms with E-state index in [1.54, 1.807) is 0 Å². The van der Waals surface area contributed by atoms with E-state index in [9.17, 15) is 14.7 Å². The van der Waals surface area contributed by atoms with Crippen molar-refractivity contribution in [1.82, 2.24) is 9.97 Å². The lowest BCUT2D eigenvalue weighted by Crippen LogP contribution is -2.25. The summed E-state index contributed by atoms with van der Waals surface area (Å²) in [4.78, 5) is 25.2. The van der Waals surface area contributed by atoms with Gasteiger partial charge in [-0.05, 0) is 12.2 Å². The van der Waals surface area contributed by atoms with Crippen LogP contribution in [0.2, 0.25) is 0 Å². The molecule has 0 radical (unpaired) electrons.